The van der Waals surface area contributed by atoms with Gasteiger partial charge in [0.2, 0.25) is 0 Å². The van der Waals surface area contributed by atoms with Crippen molar-refractivity contribution in [3.8, 4) is 22.3 Å². The van der Waals surface area contributed by atoms with Crippen molar-refractivity contribution < 1.29 is 23.1 Å². The van der Waals surface area contributed by atoms with Crippen molar-refractivity contribution >= 4 is 27.1 Å². The van der Waals surface area contributed by atoms with E-state index in [0.717, 1.165) is 21.4 Å². The number of nitrogens with zero attached hydrogens (tertiary/aromatic N) is 1. The molecule has 0 bridgehead atoms. The first-order chi connectivity index (χ1) is 13.7. The zero-order valence-electron chi connectivity index (χ0n) is 15.7. The fourth-order valence-corrected chi connectivity index (χ4v) is 5.43. The summed E-state index contributed by atoms with van der Waals surface area (Å²) in [7, 11) is -2.63. The van der Waals surface area contributed by atoms with Gasteiger partial charge in [-0.1, -0.05) is 6.07 Å². The molecule has 0 saturated carbocycles. The number of aromatic carboxylic acids is 1. The van der Waals surface area contributed by atoms with Crippen molar-refractivity contribution in [2.24, 2.45) is 0 Å². The van der Waals surface area contributed by atoms with Crippen molar-refractivity contribution in [3.63, 3.8) is 0 Å². The van der Waals surface area contributed by atoms with Crippen LogP contribution in [0.25, 0.3) is 10.4 Å². The highest BCUT2D eigenvalue weighted by atomic mass is 32.2. The maximum absolute atomic E-state index is 13.2. The molecule has 0 amide bonds. The lowest BCUT2D eigenvalue weighted by Gasteiger charge is -2.13. The van der Waals surface area contributed by atoms with E-state index in [2.05, 4.69) is 0 Å². The monoisotopic (exact) mass is 427 g/mol. The highest BCUT2D eigenvalue weighted by Gasteiger charge is 2.24. The Kier molecular flexibility index (Phi) is 5.73. The number of rotatable bonds is 6. The highest BCUT2D eigenvalue weighted by molar-refractivity contribution is 7.90. The molecule has 0 unspecified atom stereocenters. The molecular formula is C21H17NO5S2. The first-order valence-electron chi connectivity index (χ1n) is 8.49. The summed E-state index contributed by atoms with van der Waals surface area (Å²) in [5.74, 6) is -1.56. The molecule has 0 aliphatic heterocycles. The van der Waals surface area contributed by atoms with E-state index in [1.165, 1.54) is 30.6 Å². The van der Waals surface area contributed by atoms with E-state index in [-0.39, 0.29) is 16.2 Å². The minimum atomic E-state index is -3.95. The van der Waals surface area contributed by atoms with Crippen LogP contribution in [0.5, 0.6) is 5.75 Å². The number of sulfone groups is 1. The van der Waals surface area contributed by atoms with Gasteiger partial charge >= 0.3 is 5.97 Å². The number of aryl methyl sites for hydroxylation is 1. The van der Waals surface area contributed by atoms with Gasteiger partial charge in [0.05, 0.1) is 30.1 Å². The van der Waals surface area contributed by atoms with E-state index in [4.69, 9.17) is 4.74 Å². The number of carboxylic acid groups (broad SMARTS) is 1. The number of thiophene rings is 1. The third kappa shape index (κ3) is 4.31. The van der Waals surface area contributed by atoms with Crippen LogP contribution in [0.1, 0.15) is 26.4 Å². The maximum Gasteiger partial charge on any atom is 0.335 e. The van der Waals surface area contributed by atoms with Gasteiger partial charge in [0.1, 0.15) is 10.6 Å². The summed E-state index contributed by atoms with van der Waals surface area (Å²) in [4.78, 5) is 13.1. The summed E-state index contributed by atoms with van der Waals surface area (Å²) in [5, 5.41) is 18.5. The molecule has 0 saturated heterocycles. The predicted octanol–water partition coefficient (Wildman–Crippen LogP) is 4.28. The number of methoxy groups -OCH3 is 1. The molecule has 0 atom stereocenters. The number of benzene rings is 2. The zero-order valence-corrected chi connectivity index (χ0v) is 17.3. The molecule has 29 heavy (non-hydrogen) atoms. The number of hydrogen-bond acceptors (Lipinski definition) is 6. The topological polar surface area (TPSA) is 104 Å². The second kappa shape index (κ2) is 8.07. The summed E-state index contributed by atoms with van der Waals surface area (Å²) >= 11 is 1.52. The van der Waals surface area contributed by atoms with Gasteiger partial charge in [-0.25, -0.2) is 13.2 Å². The Morgan fingerprint density at radius 3 is 2.52 bits per heavy atom. The van der Waals surface area contributed by atoms with Crippen molar-refractivity contribution in [2.45, 2.75) is 17.6 Å². The van der Waals surface area contributed by atoms with Crippen LogP contribution in [-0.2, 0) is 15.6 Å². The molecule has 3 aromatic rings. The van der Waals surface area contributed by atoms with Gasteiger partial charge in [-0.2, -0.15) is 5.26 Å². The van der Waals surface area contributed by atoms with Gasteiger partial charge < -0.3 is 9.84 Å². The number of hydrogen-bond donors (Lipinski definition) is 1. The van der Waals surface area contributed by atoms with Crippen LogP contribution in [0.4, 0.5) is 0 Å². The molecule has 0 radical (unpaired) electrons. The van der Waals surface area contributed by atoms with Crippen molar-refractivity contribution in [3.05, 3.63) is 70.1 Å². The number of nitriles is 1. The van der Waals surface area contributed by atoms with Crippen molar-refractivity contribution in [1.82, 2.24) is 0 Å². The van der Waals surface area contributed by atoms with Crippen LogP contribution >= 0.6 is 11.3 Å². The van der Waals surface area contributed by atoms with Gasteiger partial charge in [0.25, 0.3) is 0 Å². The molecule has 148 valence electrons. The predicted molar refractivity (Wildman–Crippen MR) is 110 cm³/mol. The molecule has 0 fully saturated rings. The molecular weight excluding hydrogens is 410 g/mol. The van der Waals surface area contributed by atoms with Gasteiger partial charge in [-0.15, -0.1) is 11.3 Å². The Bertz CT molecular complexity index is 1240. The van der Waals surface area contributed by atoms with Gasteiger partial charge in [-0.3, -0.25) is 0 Å². The normalized spacial score (nSPS) is 11.1. The van der Waals surface area contributed by atoms with Gasteiger partial charge in [0, 0.05) is 9.75 Å². The lowest BCUT2D eigenvalue weighted by atomic mass is 10.0. The van der Waals surface area contributed by atoms with Crippen LogP contribution in [0.2, 0.25) is 0 Å². The number of carboxylic acids is 1. The van der Waals surface area contributed by atoms with E-state index in [0.29, 0.717) is 11.1 Å². The van der Waals surface area contributed by atoms with Crippen LogP contribution in [0.3, 0.4) is 0 Å². The minimum absolute atomic E-state index is 0.0694. The van der Waals surface area contributed by atoms with Crippen LogP contribution in [0, 0.1) is 18.3 Å². The molecule has 1 aromatic heterocycles. The van der Waals surface area contributed by atoms with Gasteiger partial charge in [0.15, 0.2) is 9.84 Å². The number of carbonyl (C=O) groups is 1. The minimum Gasteiger partial charge on any atom is -0.495 e. The SMILES string of the molecule is COc1ccc(C(=O)O)cc1S(=O)(=O)Cc1cc(C#N)ccc1-c1ccc(C)s1. The van der Waals surface area contributed by atoms with E-state index < -0.39 is 21.6 Å². The summed E-state index contributed by atoms with van der Waals surface area (Å²) < 4.78 is 31.5. The highest BCUT2D eigenvalue weighted by Crippen LogP contribution is 2.34. The van der Waals surface area contributed by atoms with Crippen molar-refractivity contribution in [1.29, 1.82) is 5.26 Å². The maximum atomic E-state index is 13.2. The summed E-state index contributed by atoms with van der Waals surface area (Å²) in [5.41, 5.74) is 1.38. The van der Waals surface area contributed by atoms with Gasteiger partial charge in [-0.05, 0) is 60.5 Å². The van der Waals surface area contributed by atoms with Crippen LogP contribution < -0.4 is 4.74 Å². The lowest BCUT2D eigenvalue weighted by molar-refractivity contribution is 0.0696. The summed E-state index contributed by atoms with van der Waals surface area (Å²) in [6.07, 6.45) is 0. The Balaban J connectivity index is 2.13. The number of ether oxygens (including phenoxy) is 1. The quantitative estimate of drug-likeness (QED) is 0.630. The summed E-state index contributed by atoms with van der Waals surface area (Å²) in [6.45, 7) is 1.95. The Morgan fingerprint density at radius 2 is 1.93 bits per heavy atom. The second-order valence-corrected chi connectivity index (χ2v) is 9.57. The molecule has 2 aromatic carbocycles. The molecule has 6 nitrogen and oxygen atoms in total. The fraction of sp³-hybridized carbons (Fsp3) is 0.143. The molecule has 0 spiro atoms. The molecule has 0 aliphatic rings. The molecule has 8 heteroatoms. The fourth-order valence-electron chi connectivity index (χ4n) is 2.94. The largest absolute Gasteiger partial charge is 0.495 e. The zero-order chi connectivity index (χ0) is 21.2. The molecule has 3 rings (SSSR count). The Morgan fingerprint density at radius 1 is 1.17 bits per heavy atom. The Labute approximate surface area is 172 Å². The third-order valence-electron chi connectivity index (χ3n) is 4.33. The van der Waals surface area contributed by atoms with E-state index >= 15 is 0 Å². The van der Waals surface area contributed by atoms with Crippen LogP contribution in [-0.4, -0.2) is 26.6 Å². The molecule has 1 heterocycles. The first-order valence-corrected chi connectivity index (χ1v) is 11.0. The van der Waals surface area contributed by atoms with Crippen molar-refractivity contribution in [2.75, 3.05) is 7.11 Å². The molecule has 0 aliphatic carbocycles. The standard InChI is InChI=1S/C21H17NO5S2/c1-13-3-8-19(28-13)17-6-4-14(11-22)9-16(17)12-29(25,26)20-10-15(21(23)24)5-7-18(20)27-2/h3-10H,12H2,1-2H3,(H,23,24). The van der Waals surface area contributed by atoms with E-state index in [1.54, 1.807) is 18.2 Å². The average Bonchev–Trinajstić information content (AvgIpc) is 3.13. The lowest BCUT2D eigenvalue weighted by Crippen LogP contribution is -2.10. The Hall–Kier alpha value is -3.15. The third-order valence-corrected chi connectivity index (χ3v) is 7.05. The van der Waals surface area contributed by atoms with E-state index in [9.17, 15) is 23.6 Å². The van der Waals surface area contributed by atoms with E-state index in [1.807, 2.05) is 25.1 Å². The average molecular weight is 428 g/mol. The summed E-state index contributed by atoms with van der Waals surface area (Å²) in [6, 6.07) is 14.5. The smallest absolute Gasteiger partial charge is 0.335 e. The van der Waals surface area contributed by atoms with Crippen LogP contribution in [0.15, 0.2) is 53.4 Å². The first kappa shape index (κ1) is 20.6. The second-order valence-electron chi connectivity index (χ2n) is 6.32. The molecule has 1 N–H and O–H groups in total.